The lowest BCUT2D eigenvalue weighted by molar-refractivity contribution is -0.124. The van der Waals surface area contributed by atoms with Crippen molar-refractivity contribution in [2.75, 3.05) is 26.0 Å². The van der Waals surface area contributed by atoms with Gasteiger partial charge in [-0.25, -0.2) is 14.6 Å². The summed E-state index contributed by atoms with van der Waals surface area (Å²) in [5.74, 6) is -0.589. The fraction of sp³-hybridized carbons (Fsp3) is 0.385. The molecular weight excluding hydrogens is 693 g/mol. The van der Waals surface area contributed by atoms with Crippen LogP contribution < -0.4 is 10.1 Å². The number of rotatable bonds is 10. The van der Waals surface area contributed by atoms with Crippen molar-refractivity contribution in [1.29, 1.82) is 0 Å². The molecule has 0 radical (unpaired) electrons. The molecule has 2 atom stereocenters. The van der Waals surface area contributed by atoms with Crippen LogP contribution in [0.25, 0.3) is 11.0 Å². The number of hydrogen-bond acceptors (Lipinski definition) is 10. The largest absolute Gasteiger partial charge is 0.487 e. The summed E-state index contributed by atoms with van der Waals surface area (Å²) in [5.41, 5.74) is 5.52. The minimum atomic E-state index is -3.39. The molecule has 0 aliphatic carbocycles. The lowest BCUT2D eigenvalue weighted by Crippen LogP contribution is -2.37. The predicted molar refractivity (Wildman–Crippen MR) is 206 cm³/mol. The van der Waals surface area contributed by atoms with Gasteiger partial charge >= 0.3 is 0 Å². The highest BCUT2D eigenvalue weighted by Crippen LogP contribution is 2.57. The Bertz CT molecular complexity index is 2150. The molecule has 5 aromatic rings. The van der Waals surface area contributed by atoms with E-state index in [1.807, 2.05) is 76.6 Å². The number of hydrogen-bond donors (Lipinski definition) is 3. The summed E-state index contributed by atoms with van der Waals surface area (Å²) >= 11 is 0. The summed E-state index contributed by atoms with van der Waals surface area (Å²) in [7, 11) is -0.148. The average Bonchev–Trinajstić information content (AvgIpc) is 3.53. The minimum Gasteiger partial charge on any atom is -0.487 e. The van der Waals surface area contributed by atoms with Gasteiger partial charge in [0.25, 0.3) is 5.91 Å². The Kier molecular flexibility index (Phi) is 10.6. The molecule has 6 rings (SSSR count). The standard InChI is InChI=1S/C39H48N8O5S/c1-9-29-23-46(53(50,51)33-14-12-11-13-32(33)52-29)22-27-19-26(16-15-24(27)3)34(30-17-18-31-35(25(30)4)43-44-47(31)10-2)39(5,6)38(49)42-28-20-40-36(41-21-28)37(48)45(7)8/h11-21,29,34,50-51H,9-10,22-23H2,1-8H3,(H,42,49). The van der Waals surface area contributed by atoms with Crippen molar-refractivity contribution in [3.8, 4) is 5.75 Å². The van der Waals surface area contributed by atoms with Gasteiger partial charge < -0.3 is 15.0 Å². The maximum atomic E-state index is 14.4. The van der Waals surface area contributed by atoms with Crippen molar-refractivity contribution < 1.29 is 23.4 Å². The highest BCUT2D eigenvalue weighted by Gasteiger charge is 2.41. The number of fused-ring (bicyclic) bond motifs is 2. The molecule has 0 saturated heterocycles. The van der Waals surface area contributed by atoms with Crippen molar-refractivity contribution in [1.82, 2.24) is 34.2 Å². The molecule has 13 nitrogen and oxygen atoms in total. The Balaban J connectivity index is 1.42. The second kappa shape index (κ2) is 14.9. The third kappa shape index (κ3) is 7.23. The van der Waals surface area contributed by atoms with E-state index in [-0.39, 0.29) is 30.3 Å². The molecule has 3 N–H and O–H groups in total. The van der Waals surface area contributed by atoms with Gasteiger partial charge in [-0.1, -0.05) is 62.4 Å². The fourth-order valence-electron chi connectivity index (χ4n) is 6.90. The molecule has 0 bridgehead atoms. The van der Waals surface area contributed by atoms with Gasteiger partial charge in [-0.3, -0.25) is 18.7 Å². The fourth-order valence-corrected chi connectivity index (χ4v) is 8.52. The van der Waals surface area contributed by atoms with Crippen molar-refractivity contribution in [3.63, 3.8) is 0 Å². The molecule has 0 spiro atoms. The summed E-state index contributed by atoms with van der Waals surface area (Å²) < 4.78 is 33.3. The predicted octanol–water partition coefficient (Wildman–Crippen LogP) is 7.05. The number of anilines is 1. The summed E-state index contributed by atoms with van der Waals surface area (Å²) in [6, 6.07) is 17.3. The Morgan fingerprint density at radius 3 is 2.45 bits per heavy atom. The molecule has 2 unspecified atom stereocenters. The molecule has 0 saturated carbocycles. The van der Waals surface area contributed by atoms with Crippen LogP contribution in [-0.4, -0.2) is 81.8 Å². The summed E-state index contributed by atoms with van der Waals surface area (Å²) in [6.45, 7) is 13.1. The summed E-state index contributed by atoms with van der Waals surface area (Å²) in [6.07, 6.45) is 3.31. The van der Waals surface area contributed by atoms with E-state index in [2.05, 4.69) is 31.7 Å². The molecule has 280 valence electrons. The molecule has 1 aliphatic rings. The van der Waals surface area contributed by atoms with Crippen molar-refractivity contribution >= 4 is 39.3 Å². The smallest absolute Gasteiger partial charge is 0.291 e. The zero-order valence-corrected chi connectivity index (χ0v) is 32.3. The van der Waals surface area contributed by atoms with Crippen LogP contribution in [0.2, 0.25) is 0 Å². The van der Waals surface area contributed by atoms with Crippen molar-refractivity contribution in [3.05, 3.63) is 101 Å². The summed E-state index contributed by atoms with van der Waals surface area (Å²) in [4.78, 5) is 36.9. The number of aryl methyl sites for hydroxylation is 3. The molecule has 3 aromatic carbocycles. The van der Waals surface area contributed by atoms with E-state index >= 15 is 0 Å². The molecule has 0 fully saturated rings. The van der Waals surface area contributed by atoms with Crippen molar-refractivity contribution in [2.45, 2.75) is 78.0 Å². The molecular formula is C39H48N8O5S. The van der Waals surface area contributed by atoms with Gasteiger partial charge in [0, 0.05) is 33.1 Å². The minimum absolute atomic E-state index is 0.0303. The van der Waals surface area contributed by atoms with E-state index in [9.17, 15) is 18.7 Å². The van der Waals surface area contributed by atoms with E-state index in [0.29, 0.717) is 35.8 Å². The molecule has 1 aliphatic heterocycles. The van der Waals surface area contributed by atoms with E-state index < -0.39 is 22.1 Å². The molecule has 3 heterocycles. The number of ether oxygens (including phenoxy) is 1. The Labute approximate surface area is 311 Å². The molecule has 2 amide bonds. The zero-order chi connectivity index (χ0) is 38.2. The maximum absolute atomic E-state index is 14.4. The van der Waals surface area contributed by atoms with Crippen molar-refractivity contribution in [2.24, 2.45) is 5.41 Å². The third-order valence-electron chi connectivity index (χ3n) is 10.1. The molecule has 14 heteroatoms. The highest BCUT2D eigenvalue weighted by atomic mass is 32.3. The molecule has 2 aromatic heterocycles. The van der Waals surface area contributed by atoms with Crippen LogP contribution >= 0.6 is 10.8 Å². The quantitative estimate of drug-likeness (QED) is 0.135. The molecule has 53 heavy (non-hydrogen) atoms. The monoisotopic (exact) mass is 740 g/mol. The van der Waals surface area contributed by atoms with Crippen LogP contribution in [0.15, 0.2) is 71.9 Å². The number of benzene rings is 3. The third-order valence-corrected chi connectivity index (χ3v) is 12.0. The van der Waals surface area contributed by atoms with Crippen LogP contribution in [0.5, 0.6) is 5.75 Å². The lowest BCUT2D eigenvalue weighted by atomic mass is 9.69. The van der Waals surface area contributed by atoms with Gasteiger partial charge in [-0.2, -0.15) is 4.31 Å². The van der Waals surface area contributed by atoms with E-state index in [1.165, 1.54) is 17.3 Å². The van der Waals surface area contributed by atoms with Gasteiger partial charge in [0.05, 0.1) is 35.6 Å². The SMILES string of the molecule is CCC1CN(Cc2cc(C(c3ccc4c(nnn4CC)c3C)C(C)(C)C(=O)Nc3cnc(C(=O)N(C)C)nc3)ccc2C)S(O)(O)c2ccccc2O1. The lowest BCUT2D eigenvalue weighted by Gasteiger charge is -2.42. The zero-order valence-electron chi connectivity index (χ0n) is 31.5. The Hall–Kier alpha value is -4.89. The number of aromatic nitrogens is 5. The van der Waals surface area contributed by atoms with Crippen LogP contribution in [0.3, 0.4) is 0 Å². The Morgan fingerprint density at radius 2 is 1.77 bits per heavy atom. The number of nitrogens with one attached hydrogen (secondary N) is 1. The average molecular weight is 741 g/mol. The highest BCUT2D eigenvalue weighted by molar-refractivity contribution is 8.22. The Morgan fingerprint density at radius 1 is 1.06 bits per heavy atom. The first kappa shape index (κ1) is 37.9. The summed E-state index contributed by atoms with van der Waals surface area (Å²) in [5, 5.41) is 11.9. The van der Waals surface area contributed by atoms with E-state index in [0.717, 1.165) is 38.9 Å². The first-order valence-corrected chi connectivity index (χ1v) is 19.2. The number of carbonyl (C=O) groups is 2. The van der Waals surface area contributed by atoms with Gasteiger partial charge in [0.1, 0.15) is 22.3 Å². The van der Waals surface area contributed by atoms with Crippen LogP contribution in [0.4, 0.5) is 5.69 Å². The first-order chi connectivity index (χ1) is 25.2. The number of carbonyl (C=O) groups excluding carboxylic acids is 2. The van der Waals surface area contributed by atoms with Gasteiger partial charge in [-0.15, -0.1) is 15.9 Å². The van der Waals surface area contributed by atoms with E-state index in [4.69, 9.17) is 4.74 Å². The second-order valence-electron chi connectivity index (χ2n) is 14.3. The van der Waals surface area contributed by atoms with E-state index in [1.54, 1.807) is 36.6 Å². The maximum Gasteiger partial charge on any atom is 0.291 e. The number of para-hydroxylation sites is 1. The normalized spacial score (nSPS) is 17.0. The first-order valence-electron chi connectivity index (χ1n) is 17.7. The van der Waals surface area contributed by atoms with Gasteiger partial charge in [-0.05, 0) is 73.2 Å². The van der Waals surface area contributed by atoms with Crippen LogP contribution in [0, 0.1) is 19.3 Å². The second-order valence-corrected chi connectivity index (χ2v) is 16.3. The van der Waals surface area contributed by atoms with Gasteiger partial charge in [0.15, 0.2) is 0 Å². The topological polar surface area (TPSA) is 159 Å². The van der Waals surface area contributed by atoms with Gasteiger partial charge in [0.2, 0.25) is 11.7 Å². The van der Waals surface area contributed by atoms with Crippen LogP contribution in [-0.2, 0) is 17.9 Å². The van der Waals surface area contributed by atoms with Crippen LogP contribution in [0.1, 0.15) is 78.5 Å². The number of amides is 2. The number of nitrogens with zero attached hydrogens (tertiary/aromatic N) is 7.